The maximum absolute atomic E-state index is 13.7. The molecule has 1 aromatic carbocycles. The lowest BCUT2D eigenvalue weighted by Gasteiger charge is -2.36. The first-order valence-electron chi connectivity index (χ1n) is 9.01. The Balaban J connectivity index is 1.55. The maximum Gasteiger partial charge on any atom is 0.254 e. The lowest BCUT2D eigenvalue weighted by molar-refractivity contribution is -0.132. The van der Waals surface area contributed by atoms with Crippen LogP contribution in [0.3, 0.4) is 0 Å². The van der Waals surface area contributed by atoms with Crippen molar-refractivity contribution in [3.63, 3.8) is 0 Å². The van der Waals surface area contributed by atoms with Crippen LogP contribution < -0.4 is 0 Å². The van der Waals surface area contributed by atoms with E-state index in [0.29, 0.717) is 32.2 Å². The minimum Gasteiger partial charge on any atom is -0.372 e. The van der Waals surface area contributed by atoms with Crippen molar-refractivity contribution in [2.24, 2.45) is 11.8 Å². The van der Waals surface area contributed by atoms with E-state index in [1.54, 1.807) is 15.9 Å². The Kier molecular flexibility index (Phi) is 4.35. The second-order valence-corrected chi connectivity index (χ2v) is 7.47. The van der Waals surface area contributed by atoms with Gasteiger partial charge in [0.15, 0.2) is 11.6 Å². The van der Waals surface area contributed by atoms with Crippen LogP contribution in [0.5, 0.6) is 0 Å². The van der Waals surface area contributed by atoms with Crippen molar-refractivity contribution in [1.29, 1.82) is 5.26 Å². The van der Waals surface area contributed by atoms with Crippen molar-refractivity contribution < 1.29 is 23.1 Å². The van der Waals surface area contributed by atoms with E-state index in [4.69, 9.17) is 10.00 Å². The van der Waals surface area contributed by atoms with Crippen LogP contribution in [-0.4, -0.2) is 60.0 Å². The molecule has 1 aliphatic carbocycles. The fraction of sp³-hybridized carbons (Fsp3) is 0.526. The molecule has 2 aliphatic heterocycles. The molecule has 0 N–H and O–H groups in total. The third-order valence-corrected chi connectivity index (χ3v) is 5.70. The van der Waals surface area contributed by atoms with E-state index < -0.39 is 23.1 Å². The Morgan fingerprint density at radius 3 is 2.70 bits per heavy atom. The first-order valence-corrected chi connectivity index (χ1v) is 9.01. The van der Waals surface area contributed by atoms with E-state index in [2.05, 4.69) is 0 Å². The molecule has 1 saturated carbocycles. The van der Waals surface area contributed by atoms with E-state index >= 15 is 0 Å². The summed E-state index contributed by atoms with van der Waals surface area (Å²) in [5.74, 6) is -2.44. The third-order valence-electron chi connectivity index (χ3n) is 5.70. The number of hydrogen-bond acceptors (Lipinski definition) is 4. The smallest absolute Gasteiger partial charge is 0.254 e. The Morgan fingerprint density at radius 1 is 1.30 bits per heavy atom. The Hall–Kier alpha value is -2.53. The number of carbonyl (C=O) groups excluding carboxylic acids is 2. The molecular weight excluding hydrogens is 356 g/mol. The number of amides is 2. The van der Waals surface area contributed by atoms with Gasteiger partial charge in [0.25, 0.3) is 5.91 Å². The Bertz CT molecular complexity index is 853. The first-order chi connectivity index (χ1) is 12.9. The molecule has 0 aromatic heterocycles. The van der Waals surface area contributed by atoms with Crippen molar-refractivity contribution >= 4 is 11.8 Å². The van der Waals surface area contributed by atoms with Gasteiger partial charge in [-0.05, 0) is 24.5 Å². The number of rotatable bonds is 2. The number of carbonyl (C=O) groups is 2. The van der Waals surface area contributed by atoms with Gasteiger partial charge in [-0.3, -0.25) is 9.59 Å². The molecule has 0 spiro atoms. The molecule has 3 aliphatic rings. The Labute approximate surface area is 155 Å². The van der Waals surface area contributed by atoms with Crippen LogP contribution in [0.25, 0.3) is 0 Å². The molecule has 2 saturated heterocycles. The molecule has 3 fully saturated rings. The van der Waals surface area contributed by atoms with Crippen LogP contribution in [0.1, 0.15) is 29.3 Å². The summed E-state index contributed by atoms with van der Waals surface area (Å²) in [5.41, 5.74) is -0.583. The first kappa shape index (κ1) is 17.9. The highest BCUT2D eigenvalue weighted by molar-refractivity contribution is 5.95. The molecule has 1 aromatic rings. The highest BCUT2D eigenvalue weighted by Gasteiger charge is 2.48. The summed E-state index contributed by atoms with van der Waals surface area (Å²) in [7, 11) is 0. The summed E-state index contributed by atoms with van der Waals surface area (Å²) in [6, 6.07) is 3.11. The minimum atomic E-state index is -1.26. The second kappa shape index (κ2) is 6.57. The number of nitrogens with zero attached hydrogens (tertiary/aromatic N) is 3. The summed E-state index contributed by atoms with van der Waals surface area (Å²) < 4.78 is 33.1. The summed E-state index contributed by atoms with van der Waals surface area (Å²) in [6.45, 7) is 3.44. The van der Waals surface area contributed by atoms with Gasteiger partial charge in [-0.15, -0.1) is 0 Å². The number of fused-ring (bicyclic) bond motifs is 1. The van der Waals surface area contributed by atoms with E-state index in [1.807, 2.05) is 6.92 Å². The summed E-state index contributed by atoms with van der Waals surface area (Å²) >= 11 is 0. The van der Waals surface area contributed by atoms with Crippen molar-refractivity contribution in [2.75, 3.05) is 26.2 Å². The van der Waals surface area contributed by atoms with Gasteiger partial charge in [-0.2, -0.15) is 5.26 Å². The molecule has 2 amide bonds. The molecule has 6 nitrogen and oxygen atoms in total. The number of hydrogen-bond donors (Lipinski definition) is 0. The van der Waals surface area contributed by atoms with Gasteiger partial charge in [0.2, 0.25) is 5.91 Å². The number of halogens is 2. The van der Waals surface area contributed by atoms with Crippen LogP contribution >= 0.6 is 0 Å². The van der Waals surface area contributed by atoms with Crippen molar-refractivity contribution in [2.45, 2.75) is 25.5 Å². The van der Waals surface area contributed by atoms with Gasteiger partial charge in [0.05, 0.1) is 24.3 Å². The molecule has 4 rings (SSSR count). The second-order valence-electron chi connectivity index (χ2n) is 7.47. The van der Waals surface area contributed by atoms with Crippen LogP contribution in [-0.2, 0) is 9.53 Å². The quantitative estimate of drug-likeness (QED) is 0.786. The molecule has 2 heterocycles. The van der Waals surface area contributed by atoms with Gasteiger partial charge in [-0.25, -0.2) is 8.78 Å². The molecule has 0 bridgehead atoms. The largest absolute Gasteiger partial charge is 0.372 e. The number of likely N-dealkylation sites (tertiary alicyclic amines) is 1. The fourth-order valence-corrected chi connectivity index (χ4v) is 3.98. The summed E-state index contributed by atoms with van der Waals surface area (Å²) in [5, 5.41) is 8.94. The van der Waals surface area contributed by atoms with E-state index in [1.165, 1.54) is 0 Å². The normalized spacial score (nSPS) is 29.3. The average Bonchev–Trinajstić information content (AvgIpc) is 3.23. The summed E-state index contributed by atoms with van der Waals surface area (Å²) in [4.78, 5) is 28.7. The highest BCUT2D eigenvalue weighted by Crippen LogP contribution is 2.40. The number of nitriles is 1. The van der Waals surface area contributed by atoms with E-state index in [9.17, 15) is 18.4 Å². The van der Waals surface area contributed by atoms with Gasteiger partial charge >= 0.3 is 0 Å². The fourth-order valence-electron chi connectivity index (χ4n) is 3.98. The van der Waals surface area contributed by atoms with Gasteiger partial charge in [0.1, 0.15) is 6.07 Å². The van der Waals surface area contributed by atoms with E-state index in [0.717, 1.165) is 18.6 Å². The lowest BCUT2D eigenvalue weighted by atomic mass is 10.1. The SMILES string of the molecule is C[C@H]1C[C@@H]1C(=O)N1C[C@@H]2OCCN(C(=O)c3cc(F)c(F)c(C#N)c3)[C@@H]2C1. The molecule has 0 radical (unpaired) electrons. The van der Waals surface area contributed by atoms with Crippen LogP contribution in [0.2, 0.25) is 0 Å². The van der Waals surface area contributed by atoms with Crippen LogP contribution in [0, 0.1) is 34.8 Å². The molecule has 27 heavy (non-hydrogen) atoms. The van der Waals surface area contributed by atoms with Crippen LogP contribution in [0.4, 0.5) is 8.78 Å². The maximum atomic E-state index is 13.7. The predicted molar refractivity (Wildman–Crippen MR) is 89.5 cm³/mol. The average molecular weight is 375 g/mol. The number of benzene rings is 1. The van der Waals surface area contributed by atoms with Gasteiger partial charge < -0.3 is 14.5 Å². The molecule has 8 heteroatoms. The molecular formula is C19H19F2N3O3. The highest BCUT2D eigenvalue weighted by atomic mass is 19.2. The standard InChI is InChI=1S/C19H19F2N3O3/c1-10-4-13(10)19(26)23-8-15-16(9-23)27-3-2-24(15)18(25)11-5-12(7-22)17(21)14(20)6-11/h5-6,10,13,15-16H,2-4,8-9H2,1H3/t10-,13-,15+,16-/m0/s1. The predicted octanol–water partition coefficient (Wildman–Crippen LogP) is 1.54. The zero-order valence-electron chi connectivity index (χ0n) is 14.8. The van der Waals surface area contributed by atoms with Crippen LogP contribution in [0.15, 0.2) is 12.1 Å². The zero-order chi connectivity index (χ0) is 19.3. The number of ether oxygens (including phenoxy) is 1. The van der Waals surface area contributed by atoms with Crippen molar-refractivity contribution in [1.82, 2.24) is 9.80 Å². The molecule has 142 valence electrons. The monoisotopic (exact) mass is 375 g/mol. The number of morpholine rings is 1. The summed E-state index contributed by atoms with van der Waals surface area (Å²) in [6.07, 6.45) is 0.599. The Morgan fingerprint density at radius 2 is 2.04 bits per heavy atom. The third kappa shape index (κ3) is 3.06. The molecule has 4 atom stereocenters. The minimum absolute atomic E-state index is 0.0543. The molecule has 0 unspecified atom stereocenters. The van der Waals surface area contributed by atoms with Crippen molar-refractivity contribution in [3.05, 3.63) is 34.9 Å². The lowest BCUT2D eigenvalue weighted by Crippen LogP contribution is -2.53. The van der Waals surface area contributed by atoms with Crippen molar-refractivity contribution in [3.8, 4) is 6.07 Å². The zero-order valence-corrected chi connectivity index (χ0v) is 14.8. The van der Waals surface area contributed by atoms with E-state index in [-0.39, 0.29) is 29.5 Å². The topological polar surface area (TPSA) is 73.6 Å². The van der Waals surface area contributed by atoms with Gasteiger partial charge in [0, 0.05) is 31.1 Å². The van der Waals surface area contributed by atoms with Gasteiger partial charge in [-0.1, -0.05) is 6.92 Å².